The summed E-state index contributed by atoms with van der Waals surface area (Å²) in [6.45, 7) is 0.718. The molecule has 0 aromatic heterocycles. The van der Waals surface area contributed by atoms with Crippen molar-refractivity contribution in [1.29, 1.82) is 0 Å². The van der Waals surface area contributed by atoms with E-state index in [-0.39, 0.29) is 35.6 Å². The summed E-state index contributed by atoms with van der Waals surface area (Å²) in [4.78, 5) is 30.9. The molecule has 0 spiro atoms. The van der Waals surface area contributed by atoms with Gasteiger partial charge in [0.1, 0.15) is 6.04 Å². The molecule has 53 heavy (non-hydrogen) atoms. The number of hydrogen-bond donors (Lipinski definition) is 0. The van der Waals surface area contributed by atoms with E-state index in [9.17, 15) is 9.59 Å². The highest BCUT2D eigenvalue weighted by Gasteiger charge is 2.53. The number of fused-ring (bicyclic) bond motifs is 2. The average Bonchev–Trinajstić information content (AvgIpc) is 3.18. The van der Waals surface area contributed by atoms with Crippen LogP contribution in [0.15, 0.2) is 54.6 Å². The number of piperidine rings is 1. The topological polar surface area (TPSA) is 96.0 Å². The van der Waals surface area contributed by atoms with Crippen LogP contribution in [-0.2, 0) is 28.4 Å². The molecule has 3 unspecified atom stereocenters. The van der Waals surface area contributed by atoms with Crippen LogP contribution in [-0.4, -0.2) is 89.4 Å². The standard InChI is InChI=1S/C41H52F2N2O8/c1-48-33-21-29(22-34(49-2)37(33)52-5)18-11-17-28(16-10-15-27-13-8-7-9-14-27)25-44-26-31-19-12-20-32(39(44)46)45(31)40(47)41(42,43)30-23-35(50-3)38(53-6)36(24-30)51-4/h7-9,13-14,21-24,28,31-32H,10-12,15-20,25-26H2,1-6H3. The lowest BCUT2D eigenvalue weighted by atomic mass is 9.87. The maximum atomic E-state index is 16.1. The zero-order valence-electron chi connectivity index (χ0n) is 31.6. The van der Waals surface area contributed by atoms with Gasteiger partial charge >= 0.3 is 5.92 Å². The quantitative estimate of drug-likeness (QED) is 0.137. The minimum Gasteiger partial charge on any atom is -0.493 e. The predicted octanol–water partition coefficient (Wildman–Crippen LogP) is 7.08. The highest BCUT2D eigenvalue weighted by atomic mass is 19.3. The van der Waals surface area contributed by atoms with Crippen molar-refractivity contribution in [2.75, 3.05) is 55.7 Å². The molecule has 0 saturated carbocycles. The fraction of sp³-hybridized carbons (Fsp3) is 0.512. The summed E-state index contributed by atoms with van der Waals surface area (Å²) < 4.78 is 64.7. The molecule has 2 fully saturated rings. The predicted molar refractivity (Wildman–Crippen MR) is 197 cm³/mol. The minimum atomic E-state index is -3.93. The third-order valence-corrected chi connectivity index (χ3v) is 10.5. The fourth-order valence-corrected chi connectivity index (χ4v) is 7.83. The van der Waals surface area contributed by atoms with Crippen LogP contribution in [0.4, 0.5) is 8.78 Å². The van der Waals surface area contributed by atoms with Gasteiger partial charge in [0.15, 0.2) is 23.0 Å². The number of benzene rings is 3. The van der Waals surface area contributed by atoms with E-state index in [4.69, 9.17) is 28.4 Å². The van der Waals surface area contributed by atoms with Crippen molar-refractivity contribution in [3.05, 3.63) is 71.3 Å². The van der Waals surface area contributed by atoms with E-state index < -0.39 is 29.5 Å². The normalized spacial score (nSPS) is 17.6. The summed E-state index contributed by atoms with van der Waals surface area (Å²) in [7, 11) is 8.79. The second-order valence-corrected chi connectivity index (χ2v) is 13.7. The zero-order valence-corrected chi connectivity index (χ0v) is 31.6. The van der Waals surface area contributed by atoms with Gasteiger partial charge in [-0.3, -0.25) is 9.59 Å². The molecule has 2 aliphatic rings. The van der Waals surface area contributed by atoms with E-state index in [0.717, 1.165) is 61.1 Å². The Bertz CT molecular complexity index is 1650. The van der Waals surface area contributed by atoms with E-state index >= 15 is 8.78 Å². The first-order valence-corrected chi connectivity index (χ1v) is 18.2. The molecule has 10 nitrogen and oxygen atoms in total. The summed E-state index contributed by atoms with van der Waals surface area (Å²) >= 11 is 0. The lowest BCUT2D eigenvalue weighted by Crippen LogP contribution is -2.67. The lowest BCUT2D eigenvalue weighted by Gasteiger charge is -2.50. The van der Waals surface area contributed by atoms with Crippen LogP contribution in [0.3, 0.4) is 0 Å². The van der Waals surface area contributed by atoms with Gasteiger partial charge in [-0.2, -0.15) is 8.78 Å². The second kappa shape index (κ2) is 17.9. The number of likely N-dealkylation sites (tertiary alicyclic amines) is 1. The Hall–Kier alpha value is -4.74. The SMILES string of the molecule is COc1cc(CCCC(CCCc2ccccc2)CN2CC3CCCC(C2=O)N3C(=O)C(F)(F)c2cc(OC)c(OC)c(OC)c2)cc(OC)c1OC. The van der Waals surface area contributed by atoms with Gasteiger partial charge in [0, 0.05) is 18.7 Å². The molecule has 2 heterocycles. The molecule has 288 valence electrons. The highest BCUT2D eigenvalue weighted by molar-refractivity contribution is 5.93. The summed E-state index contributed by atoms with van der Waals surface area (Å²) in [5, 5.41) is 0. The van der Waals surface area contributed by atoms with Crippen LogP contribution in [0.2, 0.25) is 0 Å². The summed E-state index contributed by atoms with van der Waals surface area (Å²) in [6, 6.07) is 14.9. The van der Waals surface area contributed by atoms with Gasteiger partial charge in [0.25, 0.3) is 5.91 Å². The number of ether oxygens (including phenoxy) is 6. The Balaban J connectivity index is 1.32. The molecule has 3 aromatic rings. The largest absolute Gasteiger partial charge is 0.493 e. The van der Waals surface area contributed by atoms with E-state index in [2.05, 4.69) is 12.1 Å². The molecule has 5 rings (SSSR count). The van der Waals surface area contributed by atoms with Gasteiger partial charge in [-0.15, -0.1) is 0 Å². The summed E-state index contributed by atoms with van der Waals surface area (Å²) in [5.74, 6) is -3.51. The smallest absolute Gasteiger partial charge is 0.350 e. The van der Waals surface area contributed by atoms with E-state index in [1.807, 2.05) is 35.2 Å². The molecule has 0 aliphatic carbocycles. The number of piperazine rings is 1. The number of alkyl halides is 2. The molecule has 3 atom stereocenters. The highest BCUT2D eigenvalue weighted by Crippen LogP contribution is 2.45. The third kappa shape index (κ3) is 8.74. The van der Waals surface area contributed by atoms with Gasteiger partial charge in [0.05, 0.1) is 48.7 Å². The van der Waals surface area contributed by atoms with Crippen LogP contribution in [0.1, 0.15) is 61.6 Å². The Labute approximate surface area is 311 Å². The Morgan fingerprint density at radius 2 is 1.28 bits per heavy atom. The monoisotopic (exact) mass is 738 g/mol. The summed E-state index contributed by atoms with van der Waals surface area (Å²) in [5.41, 5.74) is 1.72. The maximum Gasteiger partial charge on any atom is 0.350 e. The number of rotatable bonds is 18. The first kappa shape index (κ1) is 39.5. The van der Waals surface area contributed by atoms with Crippen molar-refractivity contribution in [3.8, 4) is 34.5 Å². The number of carbonyl (C=O) groups excluding carboxylic acids is 2. The Kier molecular flexibility index (Phi) is 13.3. The lowest BCUT2D eigenvalue weighted by molar-refractivity contribution is -0.177. The number of hydrogen-bond acceptors (Lipinski definition) is 8. The molecule has 2 saturated heterocycles. The van der Waals surface area contributed by atoms with E-state index in [0.29, 0.717) is 43.1 Å². The van der Waals surface area contributed by atoms with Crippen molar-refractivity contribution in [2.45, 2.75) is 75.8 Å². The number of methoxy groups -OCH3 is 6. The molecule has 2 aliphatic heterocycles. The van der Waals surface area contributed by atoms with Crippen molar-refractivity contribution < 1.29 is 46.8 Å². The minimum absolute atomic E-state index is 0.0130. The van der Waals surface area contributed by atoms with Gasteiger partial charge in [-0.05, 0) is 99.1 Å². The number of carbonyl (C=O) groups is 2. The maximum absolute atomic E-state index is 16.1. The van der Waals surface area contributed by atoms with Crippen LogP contribution in [0.25, 0.3) is 0 Å². The molecule has 0 N–H and O–H groups in total. The number of nitrogens with zero attached hydrogens (tertiary/aromatic N) is 2. The molecular weight excluding hydrogens is 686 g/mol. The van der Waals surface area contributed by atoms with Crippen LogP contribution < -0.4 is 28.4 Å². The van der Waals surface area contributed by atoms with Crippen molar-refractivity contribution in [2.24, 2.45) is 5.92 Å². The molecule has 2 bridgehead atoms. The first-order chi connectivity index (χ1) is 25.6. The van der Waals surface area contributed by atoms with E-state index in [1.54, 1.807) is 21.3 Å². The van der Waals surface area contributed by atoms with Gasteiger partial charge < -0.3 is 38.2 Å². The van der Waals surface area contributed by atoms with Crippen molar-refractivity contribution in [1.82, 2.24) is 9.80 Å². The molecule has 2 amide bonds. The molecule has 12 heteroatoms. The third-order valence-electron chi connectivity index (χ3n) is 10.5. The Morgan fingerprint density at radius 1 is 0.755 bits per heavy atom. The van der Waals surface area contributed by atoms with Crippen molar-refractivity contribution >= 4 is 11.8 Å². The van der Waals surface area contributed by atoms with Crippen LogP contribution >= 0.6 is 0 Å². The molecule has 3 aromatic carbocycles. The molecular formula is C41H52F2N2O8. The van der Waals surface area contributed by atoms with E-state index in [1.165, 1.54) is 26.9 Å². The second-order valence-electron chi connectivity index (χ2n) is 13.7. The number of aryl methyl sites for hydroxylation is 2. The van der Waals surface area contributed by atoms with Crippen molar-refractivity contribution in [3.63, 3.8) is 0 Å². The first-order valence-electron chi connectivity index (χ1n) is 18.2. The summed E-state index contributed by atoms with van der Waals surface area (Å²) in [6.07, 6.45) is 6.79. The molecule has 0 radical (unpaired) electrons. The van der Waals surface area contributed by atoms with Crippen LogP contribution in [0, 0.1) is 5.92 Å². The average molecular weight is 739 g/mol. The van der Waals surface area contributed by atoms with Gasteiger partial charge in [0.2, 0.25) is 17.4 Å². The number of halogens is 2. The fourth-order valence-electron chi connectivity index (χ4n) is 7.83. The van der Waals surface area contributed by atoms with Gasteiger partial charge in [-0.1, -0.05) is 30.3 Å². The van der Waals surface area contributed by atoms with Gasteiger partial charge in [-0.25, -0.2) is 0 Å². The zero-order chi connectivity index (χ0) is 38.1. The van der Waals surface area contributed by atoms with Crippen LogP contribution in [0.5, 0.6) is 34.5 Å². The Morgan fingerprint density at radius 3 is 1.81 bits per heavy atom. The number of amides is 2.